The van der Waals surface area contributed by atoms with Gasteiger partial charge in [-0.25, -0.2) is 4.79 Å². The number of carbonyl (C=O) groups is 5. The highest BCUT2D eigenvalue weighted by Gasteiger charge is 2.34. The second-order valence-corrected chi connectivity index (χ2v) is 12.3. The van der Waals surface area contributed by atoms with E-state index in [1.165, 1.54) is 64.2 Å². The SMILES string of the molecule is CCCCCCCCCCCC(=O)N(C(=O)CCCCCCCCCCC)C(CCC(=O)O)C(=O)O.NCCCCC(N)C(=O)O. The Hall–Kier alpha value is -2.53. The number of rotatable bonds is 30. The van der Waals surface area contributed by atoms with Crippen molar-refractivity contribution < 1.29 is 39.3 Å². The summed E-state index contributed by atoms with van der Waals surface area (Å²) in [6.45, 7) is 4.99. The molecule has 0 bridgehead atoms. The monoisotopic (exact) mass is 657 g/mol. The Labute approximate surface area is 278 Å². The number of carboxylic acid groups (broad SMARTS) is 3. The largest absolute Gasteiger partial charge is 0.481 e. The predicted molar refractivity (Wildman–Crippen MR) is 182 cm³/mol. The van der Waals surface area contributed by atoms with E-state index in [4.69, 9.17) is 21.7 Å². The van der Waals surface area contributed by atoms with Crippen molar-refractivity contribution in [2.45, 2.75) is 186 Å². The van der Waals surface area contributed by atoms with Gasteiger partial charge >= 0.3 is 17.9 Å². The van der Waals surface area contributed by atoms with Crippen LogP contribution >= 0.6 is 0 Å². The van der Waals surface area contributed by atoms with Crippen molar-refractivity contribution in [2.24, 2.45) is 11.5 Å². The summed E-state index contributed by atoms with van der Waals surface area (Å²) in [5.41, 5.74) is 10.4. The Morgan fingerprint density at radius 2 is 0.913 bits per heavy atom. The number of nitrogens with zero attached hydrogens (tertiary/aromatic N) is 1. The van der Waals surface area contributed by atoms with E-state index in [0.29, 0.717) is 25.8 Å². The van der Waals surface area contributed by atoms with Crippen molar-refractivity contribution in [3.8, 4) is 0 Å². The molecule has 0 saturated carbocycles. The lowest BCUT2D eigenvalue weighted by molar-refractivity contribution is -0.159. The highest BCUT2D eigenvalue weighted by molar-refractivity contribution is 5.99. The average molecular weight is 658 g/mol. The number of aliphatic carboxylic acids is 3. The summed E-state index contributed by atoms with van der Waals surface area (Å²) in [6.07, 6.45) is 21.3. The fraction of sp³-hybridized carbons (Fsp3) is 0.857. The van der Waals surface area contributed by atoms with Crippen molar-refractivity contribution in [2.75, 3.05) is 6.54 Å². The summed E-state index contributed by atoms with van der Waals surface area (Å²) in [4.78, 5) is 59.8. The van der Waals surface area contributed by atoms with Crippen molar-refractivity contribution in [3.05, 3.63) is 0 Å². The molecule has 11 heteroatoms. The van der Waals surface area contributed by atoms with Crippen LogP contribution in [0.1, 0.15) is 174 Å². The molecular weight excluding hydrogens is 590 g/mol. The summed E-state index contributed by atoms with van der Waals surface area (Å²) in [5, 5.41) is 27.0. The highest BCUT2D eigenvalue weighted by atomic mass is 16.4. The van der Waals surface area contributed by atoms with Gasteiger partial charge in [-0.05, 0) is 38.6 Å². The molecule has 270 valence electrons. The number of imide groups is 1. The second kappa shape index (κ2) is 32.4. The van der Waals surface area contributed by atoms with E-state index < -0.39 is 48.2 Å². The molecule has 2 atom stereocenters. The van der Waals surface area contributed by atoms with Crippen LogP contribution in [-0.4, -0.2) is 68.6 Å². The Kier molecular flexibility index (Phi) is 32.1. The van der Waals surface area contributed by atoms with Crippen LogP contribution in [0, 0.1) is 0 Å². The van der Waals surface area contributed by atoms with Gasteiger partial charge in [-0.2, -0.15) is 0 Å². The van der Waals surface area contributed by atoms with Crippen LogP contribution in [0.15, 0.2) is 0 Å². The molecular formula is C35H67N3O8. The molecule has 0 fully saturated rings. The molecule has 0 heterocycles. The molecule has 0 aliphatic rings. The van der Waals surface area contributed by atoms with Gasteiger partial charge in [0, 0.05) is 19.3 Å². The smallest absolute Gasteiger partial charge is 0.326 e. The van der Waals surface area contributed by atoms with Gasteiger partial charge in [-0.15, -0.1) is 0 Å². The third kappa shape index (κ3) is 27.8. The zero-order valence-corrected chi connectivity index (χ0v) is 29.0. The first-order chi connectivity index (χ1) is 22.0. The maximum Gasteiger partial charge on any atom is 0.326 e. The number of nitrogens with two attached hydrogens (primary N) is 2. The molecule has 0 aliphatic carbocycles. The molecule has 0 saturated heterocycles. The molecule has 0 aromatic carbocycles. The normalized spacial score (nSPS) is 12.1. The van der Waals surface area contributed by atoms with Crippen LogP contribution in [0.25, 0.3) is 0 Å². The van der Waals surface area contributed by atoms with E-state index in [1.807, 2.05) is 0 Å². The number of unbranched alkanes of at least 4 members (excludes halogenated alkanes) is 17. The van der Waals surface area contributed by atoms with Crippen molar-refractivity contribution in [3.63, 3.8) is 0 Å². The van der Waals surface area contributed by atoms with E-state index >= 15 is 0 Å². The van der Waals surface area contributed by atoms with Gasteiger partial charge in [0.15, 0.2) is 0 Å². The molecule has 0 radical (unpaired) electrons. The average Bonchev–Trinajstić information content (AvgIpc) is 3.01. The van der Waals surface area contributed by atoms with Crippen molar-refractivity contribution in [1.29, 1.82) is 0 Å². The van der Waals surface area contributed by atoms with Gasteiger partial charge in [-0.1, -0.05) is 123 Å². The number of amides is 2. The number of hydrogen-bond acceptors (Lipinski definition) is 7. The molecule has 0 aromatic heterocycles. The lowest BCUT2D eigenvalue weighted by Gasteiger charge is -2.27. The molecule has 7 N–H and O–H groups in total. The molecule has 46 heavy (non-hydrogen) atoms. The lowest BCUT2D eigenvalue weighted by Crippen LogP contribution is -2.48. The molecule has 0 aromatic rings. The van der Waals surface area contributed by atoms with Gasteiger partial charge in [0.2, 0.25) is 11.8 Å². The standard InChI is InChI=1S/C29H53NO6.C6H14N2O2/c1-3-5-7-9-11-13-15-17-19-21-26(31)30(25(29(35)36)23-24-28(33)34)27(32)22-20-18-16-14-12-10-8-6-4-2;7-4-2-1-3-5(8)6(9)10/h25H,3-24H2,1-2H3,(H,33,34)(H,35,36);5H,1-4,7-8H2,(H,9,10). The number of carbonyl (C=O) groups excluding carboxylic acids is 2. The number of hydrogen-bond donors (Lipinski definition) is 5. The maximum atomic E-state index is 12.9. The highest BCUT2D eigenvalue weighted by Crippen LogP contribution is 2.18. The first-order valence-corrected chi connectivity index (χ1v) is 18.0. The van der Waals surface area contributed by atoms with Crippen LogP contribution in [0.4, 0.5) is 0 Å². The predicted octanol–water partition coefficient (Wildman–Crippen LogP) is 7.03. The van der Waals surface area contributed by atoms with E-state index in [1.54, 1.807) is 0 Å². The topological polar surface area (TPSA) is 201 Å². The van der Waals surface area contributed by atoms with Gasteiger partial charge < -0.3 is 26.8 Å². The fourth-order valence-corrected chi connectivity index (χ4v) is 5.16. The minimum atomic E-state index is -1.42. The molecule has 0 aliphatic heterocycles. The van der Waals surface area contributed by atoms with E-state index in [2.05, 4.69) is 13.8 Å². The maximum absolute atomic E-state index is 12.9. The van der Waals surface area contributed by atoms with Gasteiger partial charge in [0.1, 0.15) is 12.1 Å². The Morgan fingerprint density at radius 3 is 1.24 bits per heavy atom. The fourth-order valence-electron chi connectivity index (χ4n) is 5.16. The molecule has 2 unspecified atom stereocenters. The second-order valence-electron chi connectivity index (χ2n) is 12.3. The summed E-state index contributed by atoms with van der Waals surface area (Å²) in [7, 11) is 0. The summed E-state index contributed by atoms with van der Waals surface area (Å²) < 4.78 is 0. The summed E-state index contributed by atoms with van der Waals surface area (Å²) >= 11 is 0. The van der Waals surface area contributed by atoms with Crippen LogP contribution < -0.4 is 11.5 Å². The first kappa shape index (κ1) is 45.6. The zero-order chi connectivity index (χ0) is 35.0. The van der Waals surface area contributed by atoms with Crippen LogP contribution in [-0.2, 0) is 24.0 Å². The third-order valence-corrected chi connectivity index (χ3v) is 8.04. The molecule has 11 nitrogen and oxygen atoms in total. The van der Waals surface area contributed by atoms with Crippen molar-refractivity contribution in [1.82, 2.24) is 4.90 Å². The zero-order valence-electron chi connectivity index (χ0n) is 29.0. The quantitative estimate of drug-likeness (QED) is 0.0499. The van der Waals surface area contributed by atoms with Crippen molar-refractivity contribution >= 4 is 29.7 Å². The number of carboxylic acids is 3. The van der Waals surface area contributed by atoms with Crippen LogP contribution in [0.2, 0.25) is 0 Å². The summed E-state index contributed by atoms with van der Waals surface area (Å²) in [6, 6.07) is -2.13. The van der Waals surface area contributed by atoms with E-state index in [0.717, 1.165) is 56.3 Å². The molecule has 0 rings (SSSR count). The molecule has 0 spiro atoms. The Balaban J connectivity index is 0. The third-order valence-electron chi connectivity index (χ3n) is 8.04. The minimum Gasteiger partial charge on any atom is -0.481 e. The minimum absolute atomic E-state index is 0.121. The van der Waals surface area contributed by atoms with Crippen LogP contribution in [0.5, 0.6) is 0 Å². The van der Waals surface area contributed by atoms with Gasteiger partial charge in [0.05, 0.1) is 0 Å². The molecule has 2 amide bonds. The lowest BCUT2D eigenvalue weighted by atomic mass is 10.0. The Bertz CT molecular complexity index is 775. The van der Waals surface area contributed by atoms with E-state index in [9.17, 15) is 29.1 Å². The van der Waals surface area contributed by atoms with Gasteiger partial charge in [-0.3, -0.25) is 24.1 Å². The van der Waals surface area contributed by atoms with E-state index in [-0.39, 0.29) is 19.3 Å². The summed E-state index contributed by atoms with van der Waals surface area (Å²) in [5.74, 6) is -4.37. The first-order valence-electron chi connectivity index (χ1n) is 18.0. The Morgan fingerprint density at radius 1 is 0.522 bits per heavy atom. The van der Waals surface area contributed by atoms with Crippen LogP contribution in [0.3, 0.4) is 0 Å². The van der Waals surface area contributed by atoms with Gasteiger partial charge in [0.25, 0.3) is 0 Å².